The van der Waals surface area contributed by atoms with Gasteiger partial charge in [-0.15, -0.1) is 31.2 Å². The maximum atomic E-state index is 12.1. The Morgan fingerprint density at radius 2 is 1.20 bits per heavy atom. The SMILES string of the molecule is Nc1nc(Cl)cc(C2CC2)n1.O=C(Nc1ccc(OC(F)(F)F)cc1)Nc1nc(Cl)cc(C2CC2)n1.O=Nc1ccc(OC(F)(F)F)cc1. The highest BCUT2D eigenvalue weighted by atomic mass is 35.5. The Kier molecular flexibility index (Phi) is 12.0. The van der Waals surface area contributed by atoms with Crippen molar-refractivity contribution in [2.75, 3.05) is 16.4 Å². The topological polar surface area (TPSA) is 167 Å². The molecule has 0 radical (unpaired) electrons. The summed E-state index contributed by atoms with van der Waals surface area (Å²) in [4.78, 5) is 37.8. The Bertz CT molecular complexity index is 1720. The quantitative estimate of drug-likeness (QED) is 0.0954. The lowest BCUT2D eigenvalue weighted by Gasteiger charge is -2.10. The predicted octanol–water partition coefficient (Wildman–Crippen LogP) is 9.12. The number of ether oxygens (including phenoxy) is 2. The molecule has 2 aliphatic carbocycles. The summed E-state index contributed by atoms with van der Waals surface area (Å²) in [5, 5.41) is 8.08. The average molecular weight is 733 g/mol. The Morgan fingerprint density at radius 3 is 1.65 bits per heavy atom. The van der Waals surface area contributed by atoms with E-state index in [2.05, 4.69) is 45.2 Å². The zero-order valence-electron chi connectivity index (χ0n) is 24.7. The molecule has 2 aliphatic rings. The van der Waals surface area contributed by atoms with Gasteiger partial charge in [-0.2, -0.15) is 0 Å². The van der Waals surface area contributed by atoms with E-state index >= 15 is 0 Å². The Morgan fingerprint density at radius 1 is 0.735 bits per heavy atom. The third-order valence-electron chi connectivity index (χ3n) is 6.18. The number of urea groups is 1. The van der Waals surface area contributed by atoms with Gasteiger partial charge in [0.15, 0.2) is 0 Å². The van der Waals surface area contributed by atoms with Gasteiger partial charge in [0.05, 0.1) is 11.4 Å². The molecule has 0 unspecified atom stereocenters. The molecule has 2 fully saturated rings. The van der Waals surface area contributed by atoms with E-state index in [-0.39, 0.29) is 39.9 Å². The van der Waals surface area contributed by atoms with E-state index in [4.69, 9.17) is 28.9 Å². The molecular formula is C29H24Cl2F6N8O4. The molecule has 2 aromatic carbocycles. The molecule has 6 rings (SSSR count). The number of carbonyl (C=O) groups excluding carboxylic acids is 1. The molecule has 0 spiro atoms. The number of hydrogen-bond acceptors (Lipinski definition) is 10. The second-order valence-corrected chi connectivity index (χ2v) is 11.0. The van der Waals surface area contributed by atoms with Gasteiger partial charge in [0.2, 0.25) is 11.9 Å². The summed E-state index contributed by atoms with van der Waals surface area (Å²) in [5.74, 6) is 0.497. The second kappa shape index (κ2) is 16.0. The molecule has 4 aromatic rings. The molecule has 2 aromatic heterocycles. The van der Waals surface area contributed by atoms with E-state index < -0.39 is 18.8 Å². The molecule has 4 N–H and O–H groups in total. The first-order valence-electron chi connectivity index (χ1n) is 14.0. The lowest BCUT2D eigenvalue weighted by Crippen LogP contribution is -2.21. The van der Waals surface area contributed by atoms with Crippen LogP contribution in [0.5, 0.6) is 11.5 Å². The number of amides is 2. The van der Waals surface area contributed by atoms with Crippen LogP contribution in [0.2, 0.25) is 10.3 Å². The van der Waals surface area contributed by atoms with Gasteiger partial charge in [-0.3, -0.25) is 5.32 Å². The molecular weight excluding hydrogens is 709 g/mol. The lowest BCUT2D eigenvalue weighted by atomic mass is 10.3. The van der Waals surface area contributed by atoms with Crippen LogP contribution < -0.4 is 25.8 Å². The third-order valence-corrected chi connectivity index (χ3v) is 6.57. The maximum absolute atomic E-state index is 12.1. The number of halogens is 8. The number of alkyl halides is 6. The van der Waals surface area contributed by atoms with Crippen molar-refractivity contribution in [2.24, 2.45) is 5.18 Å². The standard InChI is InChI=1S/C15H12ClF3N4O2.C7H8ClN3.C7H4F3NO2/c16-12-7-11(8-1-2-8)21-13(22-12)23-14(24)20-9-3-5-10(6-4-9)25-15(17,18)19;8-6-3-5(4-1-2-4)10-7(9)11-6;8-7(9,10)13-6-3-1-5(11-12)2-4-6/h3-8H,1-2H2,(H2,20,21,22,23,24);3-4H,1-2H2,(H2,9,10,11);1-4H. The Hall–Kier alpha value is -4.97. The summed E-state index contributed by atoms with van der Waals surface area (Å²) in [6, 6.07) is 11.8. The first kappa shape index (κ1) is 36.9. The Labute approximate surface area is 283 Å². The van der Waals surface area contributed by atoms with Crippen molar-refractivity contribution in [2.45, 2.75) is 50.2 Å². The Balaban J connectivity index is 0.000000187. The van der Waals surface area contributed by atoms with Crippen LogP contribution in [0.4, 0.5) is 54.4 Å². The van der Waals surface area contributed by atoms with Gasteiger partial charge < -0.3 is 20.5 Å². The predicted molar refractivity (Wildman–Crippen MR) is 167 cm³/mol. The summed E-state index contributed by atoms with van der Waals surface area (Å²) in [5.41, 5.74) is 7.50. The number of hydrogen-bond donors (Lipinski definition) is 3. The molecule has 12 nitrogen and oxygen atoms in total. The minimum atomic E-state index is -4.77. The number of nitrogens with zero attached hydrogens (tertiary/aromatic N) is 5. The lowest BCUT2D eigenvalue weighted by molar-refractivity contribution is -0.275. The van der Waals surface area contributed by atoms with Crippen LogP contribution in [-0.2, 0) is 0 Å². The molecule has 2 heterocycles. The van der Waals surface area contributed by atoms with Crippen molar-refractivity contribution >= 4 is 52.5 Å². The van der Waals surface area contributed by atoms with Crippen molar-refractivity contribution in [1.29, 1.82) is 0 Å². The van der Waals surface area contributed by atoms with Crippen LogP contribution >= 0.6 is 23.2 Å². The molecule has 2 amide bonds. The fraction of sp³-hybridized carbons (Fsp3) is 0.276. The minimum absolute atomic E-state index is 0.0505. The third kappa shape index (κ3) is 13.6. The molecule has 20 heteroatoms. The minimum Gasteiger partial charge on any atom is -0.406 e. The van der Waals surface area contributed by atoms with E-state index in [0.29, 0.717) is 17.0 Å². The second-order valence-electron chi connectivity index (χ2n) is 10.2. The molecule has 2 saturated carbocycles. The van der Waals surface area contributed by atoms with Crippen LogP contribution in [0.1, 0.15) is 48.9 Å². The number of aromatic nitrogens is 4. The van der Waals surface area contributed by atoms with Gasteiger partial charge in [0.1, 0.15) is 27.5 Å². The molecule has 260 valence electrons. The van der Waals surface area contributed by atoms with Crippen molar-refractivity contribution in [3.63, 3.8) is 0 Å². The van der Waals surface area contributed by atoms with Crippen LogP contribution in [0.3, 0.4) is 0 Å². The maximum Gasteiger partial charge on any atom is 0.573 e. The number of carbonyl (C=O) groups is 1. The summed E-state index contributed by atoms with van der Waals surface area (Å²) in [6.45, 7) is 0. The number of benzene rings is 2. The molecule has 49 heavy (non-hydrogen) atoms. The first-order chi connectivity index (χ1) is 23.0. The summed E-state index contributed by atoms with van der Waals surface area (Å²) in [7, 11) is 0. The normalized spacial score (nSPS) is 13.9. The van der Waals surface area contributed by atoms with Gasteiger partial charge in [-0.25, -0.2) is 24.7 Å². The molecule has 0 saturated heterocycles. The number of rotatable bonds is 7. The van der Waals surface area contributed by atoms with Crippen LogP contribution in [0.15, 0.2) is 65.8 Å². The smallest absolute Gasteiger partial charge is 0.406 e. The molecule has 0 atom stereocenters. The van der Waals surface area contributed by atoms with E-state index in [0.717, 1.165) is 60.6 Å². The van der Waals surface area contributed by atoms with E-state index in [1.54, 1.807) is 12.1 Å². The summed E-state index contributed by atoms with van der Waals surface area (Å²) < 4.78 is 78.4. The monoisotopic (exact) mass is 732 g/mol. The fourth-order valence-corrected chi connectivity index (χ4v) is 4.22. The van der Waals surface area contributed by atoms with Gasteiger partial charge >= 0.3 is 18.8 Å². The average Bonchev–Trinajstić information content (AvgIpc) is 3.91. The highest BCUT2D eigenvalue weighted by Crippen LogP contribution is 2.40. The van der Waals surface area contributed by atoms with Gasteiger partial charge in [0.25, 0.3) is 0 Å². The number of nitrogens with one attached hydrogen (secondary N) is 2. The largest absolute Gasteiger partial charge is 0.573 e. The van der Waals surface area contributed by atoms with Crippen LogP contribution in [0, 0.1) is 4.91 Å². The van der Waals surface area contributed by atoms with Gasteiger partial charge in [0, 0.05) is 17.5 Å². The molecule has 0 bridgehead atoms. The van der Waals surface area contributed by atoms with E-state index in [1.165, 1.54) is 25.0 Å². The summed E-state index contributed by atoms with van der Waals surface area (Å²) in [6.07, 6.45) is -5.04. The van der Waals surface area contributed by atoms with Crippen molar-refractivity contribution in [1.82, 2.24) is 19.9 Å². The number of anilines is 3. The van der Waals surface area contributed by atoms with Crippen molar-refractivity contribution in [3.05, 3.63) is 87.3 Å². The van der Waals surface area contributed by atoms with Crippen LogP contribution in [-0.4, -0.2) is 38.7 Å². The number of nitrogens with two attached hydrogens (primary N) is 1. The highest BCUT2D eigenvalue weighted by molar-refractivity contribution is 6.29. The first-order valence-corrected chi connectivity index (χ1v) is 14.8. The van der Waals surface area contributed by atoms with E-state index in [1.807, 2.05) is 0 Å². The van der Waals surface area contributed by atoms with Crippen LogP contribution in [0.25, 0.3) is 0 Å². The molecule has 0 aliphatic heterocycles. The van der Waals surface area contributed by atoms with Crippen molar-refractivity contribution in [3.8, 4) is 11.5 Å². The number of nitroso groups, excluding NO2 is 1. The zero-order valence-corrected chi connectivity index (χ0v) is 26.2. The highest BCUT2D eigenvalue weighted by Gasteiger charge is 2.32. The van der Waals surface area contributed by atoms with Gasteiger partial charge in [-0.05, 0) is 91.5 Å². The van der Waals surface area contributed by atoms with Crippen molar-refractivity contribution < 1.29 is 40.6 Å². The summed E-state index contributed by atoms with van der Waals surface area (Å²) >= 11 is 11.6. The van der Waals surface area contributed by atoms with E-state index in [9.17, 15) is 36.0 Å². The van der Waals surface area contributed by atoms with Gasteiger partial charge in [-0.1, -0.05) is 23.2 Å². The zero-order chi connectivity index (χ0) is 35.8. The number of nitrogen functional groups attached to an aromatic ring is 1. The fourth-order valence-electron chi connectivity index (χ4n) is 3.83.